The zero-order chi connectivity index (χ0) is 23.5. The summed E-state index contributed by atoms with van der Waals surface area (Å²) in [7, 11) is 0. The first kappa shape index (κ1) is 22.6. The van der Waals surface area contributed by atoms with E-state index in [1.54, 1.807) is 16.0 Å². The number of hydrogen-bond acceptors (Lipinski definition) is 4. The number of rotatable bonds is 5. The number of aliphatic hydroxyl groups excluding tert-OH is 1. The van der Waals surface area contributed by atoms with Gasteiger partial charge in [-0.25, -0.2) is 0 Å². The van der Waals surface area contributed by atoms with E-state index in [4.69, 9.17) is 0 Å². The van der Waals surface area contributed by atoms with E-state index in [0.717, 1.165) is 23.5 Å². The summed E-state index contributed by atoms with van der Waals surface area (Å²) in [6.07, 6.45) is 8.10. The van der Waals surface area contributed by atoms with Crippen LogP contribution in [0.4, 0.5) is 0 Å². The molecule has 3 aliphatic rings. The maximum Gasteiger partial charge on any atom is 0.242 e. The molecule has 0 radical (unpaired) electrons. The lowest BCUT2D eigenvalue weighted by Crippen LogP contribution is -2.73. The number of carbonyl (C=O) groups is 2. The second-order valence-electron chi connectivity index (χ2n) is 9.69. The molecule has 1 aromatic carbocycles. The number of nitrogens with zero attached hydrogens (tertiary/aromatic N) is 3. The predicted octanol–water partition coefficient (Wildman–Crippen LogP) is 2.75. The van der Waals surface area contributed by atoms with Crippen LogP contribution in [0.2, 0.25) is 0 Å². The lowest BCUT2D eigenvalue weighted by atomic mass is 9.73. The summed E-state index contributed by atoms with van der Waals surface area (Å²) >= 11 is 0. The SMILES string of the molecule is O=C(Cc1ccccn1)N1CC(=O)N2[C@H](CO)[C@@H](c3ccc(C#CCC4CCCC4)cc3)[C@H]2C1. The van der Waals surface area contributed by atoms with Crippen molar-refractivity contribution in [1.82, 2.24) is 14.8 Å². The van der Waals surface area contributed by atoms with E-state index in [1.807, 2.05) is 30.3 Å². The van der Waals surface area contributed by atoms with Gasteiger partial charge in [-0.3, -0.25) is 14.6 Å². The summed E-state index contributed by atoms with van der Waals surface area (Å²) in [5.41, 5.74) is 2.77. The molecule has 176 valence electrons. The number of fused-ring (bicyclic) bond motifs is 1. The fraction of sp³-hybridized carbons (Fsp3) is 0.464. The molecule has 6 heteroatoms. The minimum atomic E-state index is -0.246. The van der Waals surface area contributed by atoms with Crippen molar-refractivity contribution in [1.29, 1.82) is 0 Å². The van der Waals surface area contributed by atoms with Crippen molar-refractivity contribution in [3.05, 3.63) is 65.5 Å². The van der Waals surface area contributed by atoms with E-state index in [-0.39, 0.29) is 49.4 Å². The molecule has 34 heavy (non-hydrogen) atoms. The van der Waals surface area contributed by atoms with Crippen LogP contribution < -0.4 is 0 Å². The first-order valence-corrected chi connectivity index (χ1v) is 12.3. The Balaban J connectivity index is 1.26. The Morgan fingerprint density at radius 3 is 2.62 bits per heavy atom. The standard InChI is InChI=1S/C28H31N3O3/c32-19-25-28(22-13-11-21(12-14-22)9-5-8-20-6-1-2-7-20)24-17-30(18-27(34)31(24)25)26(33)16-23-10-3-4-15-29-23/h3-4,10-15,20,24-25,28,32H,1-2,6-8,16-19H2/t24-,25-,28+/m1/s1. The Morgan fingerprint density at radius 1 is 1.12 bits per heavy atom. The number of amides is 2. The molecule has 5 rings (SSSR count). The highest BCUT2D eigenvalue weighted by molar-refractivity contribution is 5.88. The lowest BCUT2D eigenvalue weighted by molar-refractivity contribution is -0.166. The van der Waals surface area contributed by atoms with Crippen LogP contribution in [0, 0.1) is 17.8 Å². The maximum atomic E-state index is 12.9. The molecule has 2 aromatic rings. The second-order valence-corrected chi connectivity index (χ2v) is 9.69. The van der Waals surface area contributed by atoms with Crippen LogP contribution in [-0.2, 0) is 16.0 Å². The Bertz CT molecular complexity index is 1080. The van der Waals surface area contributed by atoms with Gasteiger partial charge < -0.3 is 14.9 Å². The summed E-state index contributed by atoms with van der Waals surface area (Å²) in [4.78, 5) is 33.4. The first-order valence-electron chi connectivity index (χ1n) is 12.3. The first-order chi connectivity index (χ1) is 16.6. The molecule has 3 heterocycles. The zero-order valence-electron chi connectivity index (χ0n) is 19.4. The fourth-order valence-corrected chi connectivity index (χ4v) is 5.76. The third kappa shape index (κ3) is 4.58. The molecule has 3 fully saturated rings. The summed E-state index contributed by atoms with van der Waals surface area (Å²) in [5, 5.41) is 10.0. The summed E-state index contributed by atoms with van der Waals surface area (Å²) in [6, 6.07) is 13.3. The number of hydrogen-bond donors (Lipinski definition) is 1. The highest BCUT2D eigenvalue weighted by Gasteiger charge is 2.54. The Kier molecular flexibility index (Phi) is 6.64. The minimum absolute atomic E-state index is 0.0000942. The Hall–Kier alpha value is -3.17. The average Bonchev–Trinajstić information content (AvgIpc) is 3.35. The van der Waals surface area contributed by atoms with Gasteiger partial charge in [0.1, 0.15) is 0 Å². The quantitative estimate of drug-likeness (QED) is 0.701. The number of pyridine rings is 1. The summed E-state index contributed by atoms with van der Waals surface area (Å²) in [6.45, 7) is 0.445. The third-order valence-corrected chi connectivity index (χ3v) is 7.56. The molecule has 6 nitrogen and oxygen atoms in total. The molecule has 2 amide bonds. The molecular formula is C28H31N3O3. The number of aromatic nitrogens is 1. The van der Waals surface area contributed by atoms with Crippen LogP contribution in [0.1, 0.15) is 54.8 Å². The van der Waals surface area contributed by atoms with E-state index in [2.05, 4.69) is 29.0 Å². The van der Waals surface area contributed by atoms with Crippen molar-refractivity contribution < 1.29 is 14.7 Å². The van der Waals surface area contributed by atoms with Gasteiger partial charge in [-0.05, 0) is 48.6 Å². The number of piperazine rings is 1. The topological polar surface area (TPSA) is 73.7 Å². The molecule has 1 saturated carbocycles. The van der Waals surface area contributed by atoms with Crippen LogP contribution in [0.3, 0.4) is 0 Å². The molecule has 2 aliphatic heterocycles. The normalized spacial score (nSPS) is 24.3. The van der Waals surface area contributed by atoms with Gasteiger partial charge in [0.2, 0.25) is 11.8 Å². The third-order valence-electron chi connectivity index (χ3n) is 7.56. The molecule has 0 spiro atoms. The van der Waals surface area contributed by atoms with Gasteiger partial charge in [-0.2, -0.15) is 0 Å². The van der Waals surface area contributed by atoms with Crippen LogP contribution in [0.15, 0.2) is 48.7 Å². The number of carbonyl (C=O) groups excluding carboxylic acids is 2. The van der Waals surface area contributed by atoms with Crippen LogP contribution >= 0.6 is 0 Å². The van der Waals surface area contributed by atoms with Gasteiger partial charge >= 0.3 is 0 Å². The molecule has 2 saturated heterocycles. The Labute approximate surface area is 201 Å². The van der Waals surface area contributed by atoms with Gasteiger partial charge in [-0.1, -0.05) is 42.9 Å². The zero-order valence-corrected chi connectivity index (χ0v) is 19.4. The monoisotopic (exact) mass is 457 g/mol. The maximum absolute atomic E-state index is 12.9. The van der Waals surface area contributed by atoms with Crippen molar-refractivity contribution in [2.24, 2.45) is 5.92 Å². The van der Waals surface area contributed by atoms with Gasteiger partial charge in [-0.15, -0.1) is 0 Å². The number of benzene rings is 1. The van der Waals surface area contributed by atoms with E-state index in [1.165, 1.54) is 25.7 Å². The highest BCUT2D eigenvalue weighted by atomic mass is 16.3. The molecule has 1 N–H and O–H groups in total. The lowest BCUT2D eigenvalue weighted by Gasteiger charge is -2.58. The van der Waals surface area contributed by atoms with Crippen LogP contribution in [-0.4, -0.2) is 63.5 Å². The predicted molar refractivity (Wildman–Crippen MR) is 129 cm³/mol. The van der Waals surface area contributed by atoms with Crippen molar-refractivity contribution in [2.45, 2.75) is 56.5 Å². The summed E-state index contributed by atoms with van der Waals surface area (Å²) in [5.74, 6) is 7.18. The molecule has 0 bridgehead atoms. The van der Waals surface area contributed by atoms with Gasteiger partial charge in [0.25, 0.3) is 0 Å². The molecule has 3 atom stereocenters. The van der Waals surface area contributed by atoms with Crippen molar-refractivity contribution in [3.63, 3.8) is 0 Å². The van der Waals surface area contributed by atoms with Gasteiger partial charge in [0, 0.05) is 36.3 Å². The van der Waals surface area contributed by atoms with Crippen LogP contribution in [0.25, 0.3) is 0 Å². The van der Waals surface area contributed by atoms with Gasteiger partial charge in [0.05, 0.1) is 31.7 Å². The van der Waals surface area contributed by atoms with Crippen molar-refractivity contribution in [3.8, 4) is 11.8 Å². The Morgan fingerprint density at radius 2 is 1.91 bits per heavy atom. The minimum Gasteiger partial charge on any atom is -0.394 e. The second kappa shape index (κ2) is 9.99. The average molecular weight is 458 g/mol. The van der Waals surface area contributed by atoms with E-state index >= 15 is 0 Å². The molecule has 0 unspecified atom stereocenters. The van der Waals surface area contributed by atoms with E-state index < -0.39 is 0 Å². The summed E-state index contributed by atoms with van der Waals surface area (Å²) < 4.78 is 0. The largest absolute Gasteiger partial charge is 0.394 e. The molecular weight excluding hydrogens is 426 g/mol. The van der Waals surface area contributed by atoms with Gasteiger partial charge in [0.15, 0.2) is 0 Å². The number of aliphatic hydroxyl groups is 1. The molecule has 1 aliphatic carbocycles. The van der Waals surface area contributed by atoms with E-state index in [0.29, 0.717) is 12.2 Å². The van der Waals surface area contributed by atoms with E-state index in [9.17, 15) is 14.7 Å². The smallest absolute Gasteiger partial charge is 0.242 e. The molecule has 1 aromatic heterocycles. The fourth-order valence-electron chi connectivity index (χ4n) is 5.76. The van der Waals surface area contributed by atoms with Crippen molar-refractivity contribution >= 4 is 11.8 Å². The van der Waals surface area contributed by atoms with Crippen LogP contribution in [0.5, 0.6) is 0 Å². The van der Waals surface area contributed by atoms with Crippen molar-refractivity contribution in [2.75, 3.05) is 19.7 Å². The highest BCUT2D eigenvalue weighted by Crippen LogP contribution is 2.43.